The van der Waals surface area contributed by atoms with Crippen molar-refractivity contribution >= 4 is 10.1 Å². The number of nitrogens with zero attached hydrogens (tertiary/aromatic N) is 1. The van der Waals surface area contributed by atoms with Crippen LogP contribution in [0.4, 0.5) is 0 Å². The van der Waals surface area contributed by atoms with Crippen LogP contribution in [0.25, 0.3) is 0 Å². The number of quaternary nitrogens is 1. The van der Waals surface area contributed by atoms with Gasteiger partial charge in [-0.25, -0.2) is 8.42 Å². The van der Waals surface area contributed by atoms with Crippen molar-refractivity contribution in [1.29, 1.82) is 0 Å². The van der Waals surface area contributed by atoms with Crippen molar-refractivity contribution in [3.8, 4) is 0 Å². The molecule has 0 aromatic carbocycles. The van der Waals surface area contributed by atoms with Crippen LogP contribution in [-0.4, -0.2) is 49.4 Å². The Balaban J connectivity index is 4.82. The lowest BCUT2D eigenvalue weighted by atomic mass is 10.0. The first-order chi connectivity index (χ1) is 19.9. The van der Waals surface area contributed by atoms with Crippen LogP contribution < -0.4 is 0 Å². The minimum absolute atomic E-state index is 0.194. The fraction of sp³-hybridized carbons (Fsp3) is 1.00. The van der Waals surface area contributed by atoms with E-state index < -0.39 is 10.1 Å². The Bertz CT molecular complexity index is 567. The summed E-state index contributed by atoms with van der Waals surface area (Å²) in [5.74, 6) is -0.194. The minimum Gasteiger partial charge on any atom is -0.748 e. The van der Waals surface area contributed by atoms with E-state index in [0.717, 1.165) is 11.0 Å². The smallest absolute Gasteiger partial charge is 0.0948 e. The van der Waals surface area contributed by atoms with Gasteiger partial charge < -0.3 is 9.04 Å². The first-order valence-corrected chi connectivity index (χ1v) is 20.3. The normalized spacial score (nSPS) is 12.4. The van der Waals surface area contributed by atoms with Crippen molar-refractivity contribution in [3.63, 3.8) is 0 Å². The van der Waals surface area contributed by atoms with Gasteiger partial charge in [-0.1, -0.05) is 156 Å². The summed E-state index contributed by atoms with van der Waals surface area (Å²) in [6.07, 6.45) is 36.7. The Labute approximate surface area is 259 Å². The van der Waals surface area contributed by atoms with Crippen molar-refractivity contribution in [2.75, 3.05) is 31.9 Å². The molecule has 0 aliphatic carbocycles. The predicted molar refractivity (Wildman–Crippen MR) is 181 cm³/mol. The van der Waals surface area contributed by atoms with E-state index in [1.165, 1.54) is 193 Å². The van der Waals surface area contributed by atoms with Crippen LogP contribution in [0.2, 0.25) is 0 Å². The summed E-state index contributed by atoms with van der Waals surface area (Å²) in [7, 11) is -4.13. The average Bonchev–Trinajstić information content (AvgIpc) is 2.94. The molecule has 0 unspecified atom stereocenters. The quantitative estimate of drug-likeness (QED) is 0.0419. The molecule has 0 radical (unpaired) electrons. The maximum absolute atomic E-state index is 11.4. The van der Waals surface area contributed by atoms with E-state index in [2.05, 4.69) is 20.8 Å². The van der Waals surface area contributed by atoms with E-state index in [-0.39, 0.29) is 5.75 Å². The van der Waals surface area contributed by atoms with Gasteiger partial charge in [-0.05, 0) is 38.5 Å². The standard InChI is InChI=1S/C36H75NO3S/c1-4-7-10-13-16-19-22-25-28-32-37(35-31-36-41(38,39)40,33-29-26-23-20-17-14-11-8-5-2)34-30-27-24-21-18-15-12-9-6-3/h4-36H2,1-3H3. The number of hydrogen-bond acceptors (Lipinski definition) is 3. The molecule has 5 heteroatoms. The summed E-state index contributed by atoms with van der Waals surface area (Å²) >= 11 is 0. The molecule has 0 aromatic rings. The minimum atomic E-state index is -4.13. The Morgan fingerprint density at radius 2 is 0.585 bits per heavy atom. The number of unbranched alkanes of at least 4 members (excludes halogenated alkanes) is 24. The van der Waals surface area contributed by atoms with Gasteiger partial charge in [-0.3, -0.25) is 0 Å². The van der Waals surface area contributed by atoms with E-state index in [4.69, 9.17) is 0 Å². The Morgan fingerprint density at radius 3 is 0.829 bits per heavy atom. The molecule has 41 heavy (non-hydrogen) atoms. The maximum atomic E-state index is 11.4. The van der Waals surface area contributed by atoms with Crippen LogP contribution in [0.3, 0.4) is 0 Å². The molecule has 0 fully saturated rings. The van der Waals surface area contributed by atoms with Gasteiger partial charge in [0.25, 0.3) is 0 Å². The molecular formula is C36H75NO3S. The average molecular weight is 602 g/mol. The summed E-state index contributed by atoms with van der Waals surface area (Å²) in [5.41, 5.74) is 0. The van der Waals surface area contributed by atoms with Gasteiger partial charge >= 0.3 is 0 Å². The molecule has 0 spiro atoms. The van der Waals surface area contributed by atoms with Gasteiger partial charge in [-0.2, -0.15) is 0 Å². The van der Waals surface area contributed by atoms with E-state index >= 15 is 0 Å². The third kappa shape index (κ3) is 29.7. The lowest BCUT2D eigenvalue weighted by molar-refractivity contribution is -0.928. The van der Waals surface area contributed by atoms with E-state index in [0.29, 0.717) is 6.42 Å². The van der Waals surface area contributed by atoms with Crippen molar-refractivity contribution < 1.29 is 17.5 Å². The molecule has 0 bridgehead atoms. The second kappa shape index (κ2) is 29.9. The first kappa shape index (κ1) is 40.9. The van der Waals surface area contributed by atoms with Crippen LogP contribution in [0.15, 0.2) is 0 Å². The molecule has 0 heterocycles. The first-order valence-electron chi connectivity index (χ1n) is 18.7. The van der Waals surface area contributed by atoms with Crippen LogP contribution >= 0.6 is 0 Å². The van der Waals surface area contributed by atoms with Gasteiger partial charge in [-0.15, -0.1) is 0 Å². The highest BCUT2D eigenvalue weighted by molar-refractivity contribution is 7.85. The van der Waals surface area contributed by atoms with Crippen molar-refractivity contribution in [1.82, 2.24) is 0 Å². The molecule has 0 atom stereocenters. The van der Waals surface area contributed by atoms with Gasteiger partial charge in [0.15, 0.2) is 0 Å². The zero-order chi connectivity index (χ0) is 30.3. The van der Waals surface area contributed by atoms with Gasteiger partial charge in [0, 0.05) is 12.2 Å². The monoisotopic (exact) mass is 602 g/mol. The summed E-state index contributed by atoms with van der Waals surface area (Å²) < 4.78 is 35.4. The van der Waals surface area contributed by atoms with E-state index in [1.54, 1.807) is 0 Å². The topological polar surface area (TPSA) is 57.2 Å². The highest BCUT2D eigenvalue weighted by Crippen LogP contribution is 2.20. The predicted octanol–water partition coefficient (Wildman–Crippen LogP) is 11.3. The molecular weight excluding hydrogens is 526 g/mol. The third-order valence-corrected chi connectivity index (χ3v) is 10.0. The number of hydrogen-bond donors (Lipinski definition) is 0. The lowest BCUT2D eigenvalue weighted by Gasteiger charge is -2.40. The molecule has 0 saturated heterocycles. The molecule has 0 aliphatic rings. The second-order valence-electron chi connectivity index (χ2n) is 13.3. The molecule has 0 aromatic heterocycles. The van der Waals surface area contributed by atoms with Crippen LogP contribution in [0.5, 0.6) is 0 Å². The van der Waals surface area contributed by atoms with E-state index in [9.17, 15) is 13.0 Å². The largest absolute Gasteiger partial charge is 0.748 e. The van der Waals surface area contributed by atoms with Crippen LogP contribution in [-0.2, 0) is 10.1 Å². The van der Waals surface area contributed by atoms with Gasteiger partial charge in [0.05, 0.1) is 36.3 Å². The summed E-state index contributed by atoms with van der Waals surface area (Å²) in [6, 6.07) is 0. The van der Waals surface area contributed by atoms with Crippen molar-refractivity contribution in [3.05, 3.63) is 0 Å². The summed E-state index contributed by atoms with van der Waals surface area (Å²) in [4.78, 5) is 0. The van der Waals surface area contributed by atoms with Crippen molar-refractivity contribution in [2.24, 2.45) is 0 Å². The molecule has 4 nitrogen and oxygen atoms in total. The van der Waals surface area contributed by atoms with E-state index in [1.807, 2.05) is 0 Å². The highest BCUT2D eigenvalue weighted by atomic mass is 32.2. The fourth-order valence-corrected chi connectivity index (χ4v) is 7.00. The Morgan fingerprint density at radius 1 is 0.366 bits per heavy atom. The Hall–Kier alpha value is -0.130. The molecule has 0 saturated carbocycles. The highest BCUT2D eigenvalue weighted by Gasteiger charge is 2.26. The maximum Gasteiger partial charge on any atom is 0.0948 e. The summed E-state index contributed by atoms with van der Waals surface area (Å²) in [5, 5.41) is 0. The number of rotatable bonds is 34. The molecule has 0 rings (SSSR count). The molecule has 248 valence electrons. The zero-order valence-electron chi connectivity index (χ0n) is 28.4. The fourth-order valence-electron chi connectivity index (χ4n) is 6.52. The molecule has 0 amide bonds. The Kier molecular flexibility index (Phi) is 29.8. The van der Waals surface area contributed by atoms with Gasteiger partial charge in [0.1, 0.15) is 0 Å². The lowest BCUT2D eigenvalue weighted by Crippen LogP contribution is -2.51. The van der Waals surface area contributed by atoms with Gasteiger partial charge in [0.2, 0.25) is 0 Å². The summed E-state index contributed by atoms with van der Waals surface area (Å²) in [6.45, 7) is 11.2. The third-order valence-electron chi connectivity index (χ3n) is 9.23. The van der Waals surface area contributed by atoms with Crippen molar-refractivity contribution in [2.45, 2.75) is 201 Å². The van der Waals surface area contributed by atoms with Crippen LogP contribution in [0, 0.1) is 0 Å². The zero-order valence-corrected chi connectivity index (χ0v) is 29.2. The molecule has 0 aliphatic heterocycles. The SMILES string of the molecule is CCCCCCCCCCC[N+](CCCCCCCCCCC)(CCCCCCCCCCC)CCCS(=O)(=O)[O-]. The second-order valence-corrected chi connectivity index (χ2v) is 14.9. The molecule has 0 N–H and O–H groups in total. The van der Waals surface area contributed by atoms with Crippen LogP contribution in [0.1, 0.15) is 201 Å².